The lowest BCUT2D eigenvalue weighted by atomic mass is 9.98. The predicted octanol–water partition coefficient (Wildman–Crippen LogP) is 5.40. The molecule has 0 saturated carbocycles. The first-order chi connectivity index (χ1) is 16.4. The van der Waals surface area contributed by atoms with Crippen LogP contribution in [0.25, 0.3) is 11.3 Å². The maximum absolute atomic E-state index is 13.0. The highest BCUT2D eigenvalue weighted by Gasteiger charge is 2.28. The summed E-state index contributed by atoms with van der Waals surface area (Å²) in [5, 5.41) is 19.2. The zero-order valence-corrected chi connectivity index (χ0v) is 19.6. The fourth-order valence-electron chi connectivity index (χ4n) is 3.88. The molecule has 3 aromatic rings. The van der Waals surface area contributed by atoms with Crippen molar-refractivity contribution >= 4 is 46.1 Å². The molecule has 6 nitrogen and oxygen atoms in total. The van der Waals surface area contributed by atoms with Crippen molar-refractivity contribution in [2.45, 2.75) is 26.3 Å². The second-order valence-corrected chi connectivity index (χ2v) is 8.52. The number of fused-ring (bicyclic) bond motifs is 1. The molecule has 1 amide bonds. The third-order valence-corrected chi connectivity index (χ3v) is 5.88. The number of carboxylic acid groups (broad SMARTS) is 1. The van der Waals surface area contributed by atoms with E-state index in [-0.39, 0.29) is 12.3 Å². The zero-order valence-electron chi connectivity index (χ0n) is 18.8. The Labute approximate surface area is 203 Å². The molecule has 174 valence electrons. The highest BCUT2D eigenvalue weighted by atomic mass is 35.5. The molecule has 1 aliphatic heterocycles. The Kier molecular flexibility index (Phi) is 7.30. The first kappa shape index (κ1) is 23.5. The Bertz CT molecular complexity index is 1230. The Morgan fingerprint density at radius 1 is 1.00 bits per heavy atom. The van der Waals surface area contributed by atoms with Gasteiger partial charge in [-0.05, 0) is 53.9 Å². The smallest absolute Gasteiger partial charge is 0.303 e. The van der Waals surface area contributed by atoms with Gasteiger partial charge in [-0.3, -0.25) is 9.59 Å². The van der Waals surface area contributed by atoms with Gasteiger partial charge in [0.15, 0.2) is 0 Å². The highest BCUT2D eigenvalue weighted by Crippen LogP contribution is 2.38. The van der Waals surface area contributed by atoms with Crippen LogP contribution in [0.2, 0.25) is 5.02 Å². The van der Waals surface area contributed by atoms with Crippen molar-refractivity contribution in [3.63, 3.8) is 0 Å². The zero-order chi connectivity index (χ0) is 24.1. The summed E-state index contributed by atoms with van der Waals surface area (Å²) < 4.78 is 0. The summed E-state index contributed by atoms with van der Waals surface area (Å²) in [5.74, 6) is -1.04. The van der Waals surface area contributed by atoms with E-state index in [1.807, 2.05) is 54.6 Å². The van der Waals surface area contributed by atoms with Crippen molar-refractivity contribution in [2.24, 2.45) is 0 Å². The number of carbonyl (C=O) groups is 2. The van der Waals surface area contributed by atoms with Crippen LogP contribution in [0, 0.1) is 0 Å². The second-order valence-electron chi connectivity index (χ2n) is 8.09. The molecule has 1 heterocycles. The number of aliphatic carboxylic acids is 1. The average Bonchev–Trinajstić information content (AvgIpc) is 3.15. The molecule has 1 aliphatic rings. The molecule has 0 radical (unpaired) electrons. The number of halogens is 1. The average molecular weight is 476 g/mol. The summed E-state index contributed by atoms with van der Waals surface area (Å²) in [6.07, 6.45) is 0.519. The van der Waals surface area contributed by atoms with Crippen LogP contribution in [0.15, 0.2) is 66.7 Å². The van der Waals surface area contributed by atoms with Crippen LogP contribution in [0.1, 0.15) is 35.6 Å². The summed E-state index contributed by atoms with van der Waals surface area (Å²) in [5.41, 5.74) is 6.41. The minimum Gasteiger partial charge on any atom is -0.481 e. The van der Waals surface area contributed by atoms with Crippen molar-refractivity contribution in [1.82, 2.24) is 5.32 Å². The van der Waals surface area contributed by atoms with Gasteiger partial charge in [0.2, 0.25) is 0 Å². The van der Waals surface area contributed by atoms with Crippen LogP contribution in [-0.4, -0.2) is 23.5 Å². The lowest BCUT2D eigenvalue weighted by molar-refractivity contribution is -0.137. The Hall–Kier alpha value is -3.61. The number of hydrogen-bond acceptors (Lipinski definition) is 4. The van der Waals surface area contributed by atoms with E-state index in [4.69, 9.17) is 16.7 Å². The van der Waals surface area contributed by atoms with Crippen molar-refractivity contribution in [3.8, 4) is 0 Å². The maximum atomic E-state index is 13.0. The molecule has 0 fully saturated rings. The van der Waals surface area contributed by atoms with Gasteiger partial charge in [0.25, 0.3) is 5.91 Å². The molecule has 0 atom stereocenters. The normalized spacial score (nSPS) is 13.9. The molecule has 3 aromatic carbocycles. The van der Waals surface area contributed by atoms with E-state index in [1.165, 1.54) is 5.56 Å². The molecule has 0 aliphatic carbocycles. The van der Waals surface area contributed by atoms with Crippen LogP contribution in [0.3, 0.4) is 0 Å². The second kappa shape index (κ2) is 10.5. The van der Waals surface area contributed by atoms with E-state index in [1.54, 1.807) is 12.1 Å². The van der Waals surface area contributed by atoms with Crippen LogP contribution >= 0.6 is 11.6 Å². The maximum Gasteiger partial charge on any atom is 0.303 e. The van der Waals surface area contributed by atoms with E-state index < -0.39 is 5.97 Å². The summed E-state index contributed by atoms with van der Waals surface area (Å²) in [4.78, 5) is 23.9. The largest absolute Gasteiger partial charge is 0.481 e. The third-order valence-electron chi connectivity index (χ3n) is 5.65. The molecular weight excluding hydrogens is 450 g/mol. The van der Waals surface area contributed by atoms with Crippen LogP contribution in [0.4, 0.5) is 11.4 Å². The van der Waals surface area contributed by atoms with Crippen LogP contribution in [0.5, 0.6) is 0 Å². The van der Waals surface area contributed by atoms with Crippen molar-refractivity contribution in [1.29, 1.82) is 0 Å². The van der Waals surface area contributed by atoms with E-state index in [0.29, 0.717) is 28.4 Å². The van der Waals surface area contributed by atoms with Gasteiger partial charge in [0.1, 0.15) is 0 Å². The van der Waals surface area contributed by atoms with Gasteiger partial charge >= 0.3 is 5.97 Å². The fraction of sp³-hybridized carbons (Fsp3) is 0.185. The summed E-state index contributed by atoms with van der Waals surface area (Å²) in [7, 11) is 0. The topological polar surface area (TPSA) is 90.5 Å². The Balaban J connectivity index is 1.73. The van der Waals surface area contributed by atoms with Gasteiger partial charge in [-0.25, -0.2) is 0 Å². The number of carboxylic acids is 1. The predicted molar refractivity (Wildman–Crippen MR) is 137 cm³/mol. The molecule has 0 bridgehead atoms. The summed E-state index contributed by atoms with van der Waals surface area (Å²) >= 11 is 6.14. The molecule has 7 heteroatoms. The van der Waals surface area contributed by atoms with Gasteiger partial charge in [0, 0.05) is 29.2 Å². The minimum atomic E-state index is -0.830. The van der Waals surface area contributed by atoms with Crippen LogP contribution in [-0.2, 0) is 22.6 Å². The standard InChI is InChI=1S/C27H26ClN3O3/c1-2-29-16-18-5-11-21(12-6-18)30-26(19-8-3-17(4-9-19)7-14-24(32)33)25-22-13-10-20(28)15-23(22)31-27(25)34/h3-6,8-13,15,29-30H,2,7,14,16H2,1H3,(H,31,34)(H,32,33). The highest BCUT2D eigenvalue weighted by molar-refractivity contribution is 6.38. The van der Waals surface area contributed by atoms with Gasteiger partial charge in [-0.1, -0.05) is 61.0 Å². The molecule has 34 heavy (non-hydrogen) atoms. The Morgan fingerprint density at radius 2 is 1.71 bits per heavy atom. The lowest BCUT2D eigenvalue weighted by Gasteiger charge is -2.16. The van der Waals surface area contributed by atoms with Gasteiger partial charge < -0.3 is 21.1 Å². The van der Waals surface area contributed by atoms with E-state index >= 15 is 0 Å². The van der Waals surface area contributed by atoms with Crippen molar-refractivity contribution in [2.75, 3.05) is 17.2 Å². The lowest BCUT2D eigenvalue weighted by Crippen LogP contribution is -2.12. The van der Waals surface area contributed by atoms with Crippen molar-refractivity contribution in [3.05, 3.63) is 94.0 Å². The number of aryl methyl sites for hydroxylation is 1. The molecule has 0 spiro atoms. The number of anilines is 2. The number of benzene rings is 3. The SMILES string of the molecule is CCNCc1ccc(NC(=C2C(=O)Nc3cc(Cl)ccc32)c2ccc(CCC(=O)O)cc2)cc1. The monoisotopic (exact) mass is 475 g/mol. The first-order valence-corrected chi connectivity index (χ1v) is 11.6. The van der Waals surface area contributed by atoms with E-state index in [9.17, 15) is 9.59 Å². The molecule has 0 saturated heterocycles. The number of rotatable bonds is 9. The molecular formula is C27H26ClN3O3. The minimum absolute atomic E-state index is 0.0708. The van der Waals surface area contributed by atoms with Gasteiger partial charge in [0.05, 0.1) is 17.0 Å². The van der Waals surface area contributed by atoms with E-state index in [2.05, 4.69) is 22.9 Å². The quantitative estimate of drug-likeness (QED) is 0.311. The molecule has 0 aromatic heterocycles. The Morgan fingerprint density at radius 3 is 2.38 bits per heavy atom. The molecule has 4 rings (SSSR count). The summed E-state index contributed by atoms with van der Waals surface area (Å²) in [6, 6.07) is 21.0. The number of amides is 1. The molecule has 0 unspecified atom stereocenters. The van der Waals surface area contributed by atoms with Crippen molar-refractivity contribution < 1.29 is 14.7 Å². The fourth-order valence-corrected chi connectivity index (χ4v) is 4.05. The number of carbonyl (C=O) groups excluding carboxylic acids is 1. The van der Waals surface area contributed by atoms with E-state index in [0.717, 1.165) is 35.5 Å². The third kappa shape index (κ3) is 5.47. The number of nitrogens with one attached hydrogen (secondary N) is 3. The molecule has 4 N–H and O–H groups in total. The van der Waals surface area contributed by atoms with Crippen LogP contribution < -0.4 is 16.0 Å². The first-order valence-electron chi connectivity index (χ1n) is 11.2. The summed E-state index contributed by atoms with van der Waals surface area (Å²) in [6.45, 7) is 3.76. The van der Waals surface area contributed by atoms with Gasteiger partial charge in [-0.15, -0.1) is 0 Å². The number of hydrogen-bond donors (Lipinski definition) is 4. The van der Waals surface area contributed by atoms with Gasteiger partial charge in [-0.2, -0.15) is 0 Å².